The second kappa shape index (κ2) is 12.3. The van der Waals surface area contributed by atoms with E-state index in [1.165, 1.54) is 31.2 Å². The molecule has 0 saturated carbocycles. The third-order valence-corrected chi connectivity index (χ3v) is 2.00. The summed E-state index contributed by atoms with van der Waals surface area (Å²) in [6.07, 6.45) is 4.97. The lowest BCUT2D eigenvalue weighted by Gasteiger charge is -2.02. The van der Waals surface area contributed by atoms with Crippen LogP contribution in [0.3, 0.4) is 0 Å². The lowest BCUT2D eigenvalue weighted by atomic mass is 10.2. The maximum Gasteiger partial charge on any atom is 0.0716 e. The van der Waals surface area contributed by atoms with Crippen LogP contribution in [0.1, 0.15) is 52.0 Å². The van der Waals surface area contributed by atoms with Crippen LogP contribution in [0, 0.1) is 0 Å². The molecular weight excluding hydrogens is 196 g/mol. The monoisotopic (exact) mass is 222 g/mol. The van der Waals surface area contributed by atoms with Crippen LogP contribution in [0.4, 0.5) is 0 Å². The highest BCUT2D eigenvalue weighted by Gasteiger charge is 1.90. The topological polar surface area (TPSA) is 9.23 Å². The zero-order valence-electron chi connectivity index (χ0n) is 11.0. The highest BCUT2D eigenvalue weighted by molar-refractivity contribution is 5.13. The Morgan fingerprint density at radius 1 is 0.938 bits per heavy atom. The van der Waals surface area contributed by atoms with Crippen LogP contribution in [-0.2, 0) is 11.3 Å². The number of benzene rings is 1. The van der Waals surface area contributed by atoms with Gasteiger partial charge in [0.15, 0.2) is 0 Å². The van der Waals surface area contributed by atoms with E-state index in [-0.39, 0.29) is 0 Å². The molecule has 0 aliphatic carbocycles. The number of ether oxygens (including phenoxy) is 1. The van der Waals surface area contributed by atoms with Crippen molar-refractivity contribution in [3.05, 3.63) is 35.9 Å². The fourth-order valence-corrected chi connectivity index (χ4v) is 1.22. The minimum atomic E-state index is 0.755. The first kappa shape index (κ1) is 15.2. The summed E-state index contributed by atoms with van der Waals surface area (Å²) in [4.78, 5) is 0. The Morgan fingerprint density at radius 3 is 2.12 bits per heavy atom. The summed E-state index contributed by atoms with van der Waals surface area (Å²) in [6, 6.07) is 10.3. The largest absolute Gasteiger partial charge is 0.377 e. The maximum atomic E-state index is 5.52. The summed E-state index contributed by atoms with van der Waals surface area (Å²) in [5.41, 5.74) is 1.26. The van der Waals surface area contributed by atoms with E-state index in [0.29, 0.717) is 0 Å². The van der Waals surface area contributed by atoms with Gasteiger partial charge in [-0.3, -0.25) is 0 Å². The van der Waals surface area contributed by atoms with Gasteiger partial charge in [-0.15, -0.1) is 0 Å². The molecule has 0 unspecified atom stereocenters. The molecule has 1 nitrogen and oxygen atoms in total. The van der Waals surface area contributed by atoms with Gasteiger partial charge in [0.05, 0.1) is 6.61 Å². The van der Waals surface area contributed by atoms with Gasteiger partial charge in [-0.2, -0.15) is 0 Å². The Morgan fingerprint density at radius 2 is 1.56 bits per heavy atom. The van der Waals surface area contributed by atoms with E-state index in [1.807, 2.05) is 18.2 Å². The van der Waals surface area contributed by atoms with Gasteiger partial charge in [-0.1, -0.05) is 70.4 Å². The molecule has 0 heterocycles. The van der Waals surface area contributed by atoms with E-state index in [2.05, 4.69) is 32.9 Å². The average Bonchev–Trinajstić information content (AvgIpc) is 2.31. The molecule has 0 aliphatic rings. The first-order valence-electron chi connectivity index (χ1n) is 6.46. The lowest BCUT2D eigenvalue weighted by molar-refractivity contribution is 0.117. The summed E-state index contributed by atoms with van der Waals surface area (Å²) in [6.45, 7) is 8.10. The normalized spacial score (nSPS) is 9.44. The maximum absolute atomic E-state index is 5.52. The quantitative estimate of drug-likeness (QED) is 0.628. The summed E-state index contributed by atoms with van der Waals surface area (Å²) >= 11 is 0. The van der Waals surface area contributed by atoms with E-state index < -0.39 is 0 Å². The second-order valence-electron chi connectivity index (χ2n) is 3.95. The Hall–Kier alpha value is -0.820. The minimum absolute atomic E-state index is 0.755. The number of rotatable bonds is 6. The van der Waals surface area contributed by atoms with Crippen LogP contribution < -0.4 is 0 Å². The zero-order chi connectivity index (χ0) is 12.1. The van der Waals surface area contributed by atoms with Gasteiger partial charge in [-0.25, -0.2) is 0 Å². The van der Waals surface area contributed by atoms with E-state index in [1.54, 1.807) is 0 Å². The van der Waals surface area contributed by atoms with Crippen molar-refractivity contribution in [2.75, 3.05) is 6.61 Å². The number of hydrogen-bond donors (Lipinski definition) is 0. The Bertz CT molecular complexity index is 218. The van der Waals surface area contributed by atoms with Crippen molar-refractivity contribution in [1.82, 2.24) is 0 Å². The minimum Gasteiger partial charge on any atom is -0.377 e. The zero-order valence-corrected chi connectivity index (χ0v) is 11.0. The van der Waals surface area contributed by atoms with Crippen molar-refractivity contribution in [2.24, 2.45) is 0 Å². The van der Waals surface area contributed by atoms with E-state index in [0.717, 1.165) is 13.2 Å². The van der Waals surface area contributed by atoms with Crippen molar-refractivity contribution in [3.63, 3.8) is 0 Å². The van der Waals surface area contributed by atoms with Crippen molar-refractivity contribution in [3.8, 4) is 0 Å². The van der Waals surface area contributed by atoms with Crippen molar-refractivity contribution in [1.29, 1.82) is 0 Å². The van der Waals surface area contributed by atoms with Gasteiger partial charge < -0.3 is 4.74 Å². The number of hydrogen-bond acceptors (Lipinski definition) is 1. The van der Waals surface area contributed by atoms with Crippen molar-refractivity contribution < 1.29 is 4.74 Å². The van der Waals surface area contributed by atoms with Gasteiger partial charge in [0.2, 0.25) is 0 Å². The van der Waals surface area contributed by atoms with Crippen molar-refractivity contribution in [2.45, 2.75) is 53.1 Å². The Kier molecular flexibility index (Phi) is 11.6. The first-order chi connectivity index (χ1) is 7.85. The van der Waals surface area contributed by atoms with Gasteiger partial charge in [0.25, 0.3) is 0 Å². The Balaban J connectivity index is 0.000000673. The molecule has 0 atom stereocenters. The highest BCUT2D eigenvalue weighted by Crippen LogP contribution is 2.01. The van der Waals surface area contributed by atoms with E-state index in [4.69, 9.17) is 4.74 Å². The summed E-state index contributed by atoms with van der Waals surface area (Å²) < 4.78 is 5.52. The summed E-state index contributed by atoms with van der Waals surface area (Å²) in [7, 11) is 0. The molecule has 0 amide bonds. The van der Waals surface area contributed by atoms with Crippen LogP contribution in [0.2, 0.25) is 0 Å². The predicted molar refractivity (Wildman–Crippen MR) is 71.6 cm³/mol. The molecular formula is C15H26O. The number of unbranched alkanes of at least 4 members (excludes halogenated alkanes) is 2. The standard InChI is InChI=1S/C12H18O.C3H8/c1-2-3-7-10-13-11-12-8-5-4-6-9-12;1-3-2/h4-6,8-9H,2-3,7,10-11H2,1H3;3H2,1-2H3. The molecule has 1 aromatic rings. The van der Waals surface area contributed by atoms with Gasteiger partial charge >= 0.3 is 0 Å². The molecule has 0 bridgehead atoms. The van der Waals surface area contributed by atoms with Crippen LogP contribution in [0.25, 0.3) is 0 Å². The fourth-order valence-electron chi connectivity index (χ4n) is 1.22. The van der Waals surface area contributed by atoms with Gasteiger partial charge in [0, 0.05) is 6.61 Å². The summed E-state index contributed by atoms with van der Waals surface area (Å²) in [5.74, 6) is 0. The smallest absolute Gasteiger partial charge is 0.0716 e. The van der Waals surface area contributed by atoms with Gasteiger partial charge in [0.1, 0.15) is 0 Å². The molecule has 1 aromatic carbocycles. The fraction of sp³-hybridized carbons (Fsp3) is 0.600. The third-order valence-electron chi connectivity index (χ3n) is 2.00. The highest BCUT2D eigenvalue weighted by atomic mass is 16.5. The molecule has 1 heteroatoms. The molecule has 0 aliphatic heterocycles. The van der Waals surface area contributed by atoms with Crippen LogP contribution in [0.5, 0.6) is 0 Å². The SMILES string of the molecule is CCC.CCCCCOCc1ccccc1. The van der Waals surface area contributed by atoms with E-state index in [9.17, 15) is 0 Å². The lowest BCUT2D eigenvalue weighted by Crippen LogP contribution is -1.94. The molecule has 0 aromatic heterocycles. The first-order valence-corrected chi connectivity index (χ1v) is 6.46. The van der Waals surface area contributed by atoms with Crippen LogP contribution in [-0.4, -0.2) is 6.61 Å². The van der Waals surface area contributed by atoms with Crippen molar-refractivity contribution >= 4 is 0 Å². The molecule has 0 N–H and O–H groups in total. The molecule has 92 valence electrons. The van der Waals surface area contributed by atoms with Crippen LogP contribution in [0.15, 0.2) is 30.3 Å². The summed E-state index contributed by atoms with van der Waals surface area (Å²) in [5, 5.41) is 0. The predicted octanol–water partition coefficient (Wildman–Crippen LogP) is 4.81. The molecule has 0 spiro atoms. The van der Waals surface area contributed by atoms with Crippen LogP contribution >= 0.6 is 0 Å². The molecule has 16 heavy (non-hydrogen) atoms. The molecule has 0 fully saturated rings. The second-order valence-corrected chi connectivity index (χ2v) is 3.95. The molecule has 1 rings (SSSR count). The average molecular weight is 222 g/mol. The molecule has 0 radical (unpaired) electrons. The Labute approximate surface area is 101 Å². The van der Waals surface area contributed by atoms with E-state index >= 15 is 0 Å². The third kappa shape index (κ3) is 9.72. The molecule has 0 saturated heterocycles. The van der Waals surface area contributed by atoms with Gasteiger partial charge in [-0.05, 0) is 12.0 Å².